The Morgan fingerprint density at radius 3 is 1.75 bits per heavy atom. The SMILES string of the molecule is CCCCCCCCC1CC1CCCCCCCC(=O)OCCOCC[N+](CC)(CC)CC.CCOS(=O)(=O)[O-]. The largest absolute Gasteiger partial charge is 0.726 e. The van der Waals surface area contributed by atoms with Crippen molar-refractivity contribution in [3.63, 3.8) is 0 Å². The molecule has 9 heteroatoms. The van der Waals surface area contributed by atoms with E-state index in [1.807, 2.05) is 0 Å². The lowest BCUT2D eigenvalue weighted by atomic mass is 10.0. The summed E-state index contributed by atoms with van der Waals surface area (Å²) in [4.78, 5) is 11.9. The number of quaternary nitrogens is 1. The lowest BCUT2D eigenvalue weighted by Crippen LogP contribution is -2.49. The second kappa shape index (κ2) is 24.8. The molecule has 0 amide bonds. The minimum Gasteiger partial charge on any atom is -0.726 e. The number of rotatable bonds is 26. The highest BCUT2D eigenvalue weighted by atomic mass is 32.3. The number of hydrogen-bond donors (Lipinski definition) is 0. The predicted molar refractivity (Wildman–Crippen MR) is 162 cm³/mol. The highest BCUT2D eigenvalue weighted by molar-refractivity contribution is 7.80. The summed E-state index contributed by atoms with van der Waals surface area (Å²) in [6, 6.07) is 0. The van der Waals surface area contributed by atoms with Gasteiger partial charge in [-0.05, 0) is 52.4 Å². The van der Waals surface area contributed by atoms with Gasteiger partial charge in [0.25, 0.3) is 0 Å². The molecule has 0 spiro atoms. The average Bonchev–Trinajstić information content (AvgIpc) is 3.67. The van der Waals surface area contributed by atoms with Gasteiger partial charge in [-0.15, -0.1) is 0 Å². The lowest BCUT2D eigenvalue weighted by molar-refractivity contribution is -0.923. The second-order valence-corrected chi connectivity index (χ2v) is 12.3. The van der Waals surface area contributed by atoms with Crippen molar-refractivity contribution >= 4 is 16.4 Å². The molecule has 0 aliphatic heterocycles. The number of ether oxygens (including phenoxy) is 2. The van der Waals surface area contributed by atoms with Crippen LogP contribution in [0.4, 0.5) is 0 Å². The third-order valence-corrected chi connectivity index (χ3v) is 8.95. The molecular formula is C31H63NO7S. The minimum absolute atomic E-state index is 0.0603. The van der Waals surface area contributed by atoms with Crippen LogP contribution >= 0.6 is 0 Å². The Bertz CT molecular complexity index is 690. The molecule has 1 fully saturated rings. The van der Waals surface area contributed by atoms with E-state index >= 15 is 0 Å². The van der Waals surface area contributed by atoms with Gasteiger partial charge < -0.3 is 18.5 Å². The molecule has 1 saturated carbocycles. The first-order valence-electron chi connectivity index (χ1n) is 16.3. The maximum absolute atomic E-state index is 11.9. The van der Waals surface area contributed by atoms with Crippen LogP contribution in [0.1, 0.15) is 131 Å². The van der Waals surface area contributed by atoms with E-state index in [0.29, 0.717) is 19.6 Å². The molecule has 1 aliphatic rings. The molecule has 1 aliphatic carbocycles. The molecule has 240 valence electrons. The molecule has 0 radical (unpaired) electrons. The first-order chi connectivity index (χ1) is 19.2. The molecule has 40 heavy (non-hydrogen) atoms. The van der Waals surface area contributed by atoms with Gasteiger partial charge in [-0.1, -0.05) is 84.0 Å². The fourth-order valence-corrected chi connectivity index (χ4v) is 5.64. The van der Waals surface area contributed by atoms with Gasteiger partial charge in [0.1, 0.15) is 13.2 Å². The molecule has 0 heterocycles. The summed E-state index contributed by atoms with van der Waals surface area (Å²) >= 11 is 0. The van der Waals surface area contributed by atoms with E-state index in [9.17, 15) is 17.8 Å². The van der Waals surface area contributed by atoms with E-state index in [1.54, 1.807) is 0 Å². The summed E-state index contributed by atoms with van der Waals surface area (Å²) in [7, 11) is -4.42. The Morgan fingerprint density at radius 1 is 0.750 bits per heavy atom. The van der Waals surface area contributed by atoms with Crippen LogP contribution < -0.4 is 0 Å². The van der Waals surface area contributed by atoms with E-state index in [-0.39, 0.29) is 12.6 Å². The molecule has 2 unspecified atom stereocenters. The van der Waals surface area contributed by atoms with Crippen LogP contribution in [0.3, 0.4) is 0 Å². The zero-order valence-electron chi connectivity index (χ0n) is 26.6. The molecule has 0 aromatic heterocycles. The number of carbonyl (C=O) groups is 1. The number of esters is 1. The van der Waals surface area contributed by atoms with Crippen molar-refractivity contribution in [1.29, 1.82) is 0 Å². The first kappa shape index (κ1) is 39.3. The van der Waals surface area contributed by atoms with E-state index in [0.717, 1.165) is 61.9 Å². The van der Waals surface area contributed by atoms with E-state index < -0.39 is 10.4 Å². The predicted octanol–water partition coefficient (Wildman–Crippen LogP) is 7.02. The van der Waals surface area contributed by atoms with Crippen molar-refractivity contribution in [2.24, 2.45) is 11.8 Å². The summed E-state index contributed by atoms with van der Waals surface area (Å²) in [6.07, 6.45) is 19.7. The number of unbranched alkanes of at least 4 members (excludes halogenated alkanes) is 9. The normalized spacial score (nSPS) is 16.9. The third kappa shape index (κ3) is 22.9. The fourth-order valence-electron chi connectivity index (χ4n) is 5.35. The van der Waals surface area contributed by atoms with Crippen molar-refractivity contribution < 1.29 is 35.9 Å². The number of nitrogens with zero attached hydrogens (tertiary/aromatic N) is 1. The summed E-state index contributed by atoms with van der Waals surface area (Å²) < 4.78 is 44.1. The summed E-state index contributed by atoms with van der Waals surface area (Å²) in [5.74, 6) is 2.04. The minimum atomic E-state index is -4.42. The summed E-state index contributed by atoms with van der Waals surface area (Å²) in [5, 5.41) is 0. The Hall–Kier alpha value is -0.740. The number of carbonyl (C=O) groups excluding carboxylic acids is 1. The second-order valence-electron chi connectivity index (χ2n) is 11.3. The highest BCUT2D eigenvalue weighted by Gasteiger charge is 2.35. The van der Waals surface area contributed by atoms with Crippen molar-refractivity contribution in [3.8, 4) is 0 Å². The van der Waals surface area contributed by atoms with Gasteiger partial charge in [0, 0.05) is 6.42 Å². The summed E-state index contributed by atoms with van der Waals surface area (Å²) in [5.41, 5.74) is 0. The van der Waals surface area contributed by atoms with Crippen LogP contribution in [0, 0.1) is 11.8 Å². The fraction of sp³-hybridized carbons (Fsp3) is 0.968. The van der Waals surface area contributed by atoms with Gasteiger partial charge in [0.15, 0.2) is 0 Å². The Morgan fingerprint density at radius 2 is 1.27 bits per heavy atom. The maximum atomic E-state index is 11.9. The molecule has 0 N–H and O–H groups in total. The van der Waals surface area contributed by atoms with Gasteiger partial charge in [0.2, 0.25) is 10.4 Å². The van der Waals surface area contributed by atoms with Gasteiger partial charge in [0.05, 0.1) is 39.5 Å². The number of hydrogen-bond acceptors (Lipinski definition) is 7. The standard InChI is InChI=1S/C29H58NO3.C2H6O4S/c1-5-9-10-11-13-16-19-27-26-28(27)20-17-14-12-15-18-21-29(31)33-25-24-32-23-22-30(6-2,7-3)8-4;1-2-6-7(3,4)5/h27-28H,5-26H2,1-4H3;2H2,1H3,(H,3,4,5)/q+1;/p-1. The van der Waals surface area contributed by atoms with Crippen LogP contribution in [0.5, 0.6) is 0 Å². The van der Waals surface area contributed by atoms with Crippen molar-refractivity contribution in [1.82, 2.24) is 0 Å². The molecule has 2 atom stereocenters. The average molecular weight is 594 g/mol. The van der Waals surface area contributed by atoms with E-state index in [4.69, 9.17) is 9.47 Å². The van der Waals surface area contributed by atoms with Crippen LogP contribution in [-0.4, -0.2) is 76.0 Å². The first-order valence-corrected chi connectivity index (χ1v) is 17.7. The molecule has 0 aromatic rings. The van der Waals surface area contributed by atoms with Crippen molar-refractivity contribution in [3.05, 3.63) is 0 Å². The van der Waals surface area contributed by atoms with Crippen LogP contribution in [0.25, 0.3) is 0 Å². The molecule has 0 saturated heterocycles. The zero-order valence-corrected chi connectivity index (χ0v) is 27.4. The van der Waals surface area contributed by atoms with E-state index in [2.05, 4.69) is 31.9 Å². The Balaban J connectivity index is 0.00000191. The van der Waals surface area contributed by atoms with Crippen LogP contribution in [-0.2, 0) is 28.9 Å². The monoisotopic (exact) mass is 593 g/mol. The zero-order chi connectivity index (χ0) is 30.1. The summed E-state index contributed by atoms with van der Waals surface area (Å²) in [6.45, 7) is 16.5. The topological polar surface area (TPSA) is 102 Å². The molecule has 0 aromatic carbocycles. The van der Waals surface area contributed by atoms with Gasteiger partial charge in [-0.25, -0.2) is 8.42 Å². The smallest absolute Gasteiger partial charge is 0.305 e. The van der Waals surface area contributed by atoms with Crippen LogP contribution in [0.2, 0.25) is 0 Å². The third-order valence-electron chi connectivity index (χ3n) is 8.43. The Kier molecular flexibility index (Phi) is 24.4. The maximum Gasteiger partial charge on any atom is 0.305 e. The Labute approximate surface area is 247 Å². The van der Waals surface area contributed by atoms with Crippen LogP contribution in [0.15, 0.2) is 0 Å². The quantitative estimate of drug-likeness (QED) is 0.0349. The van der Waals surface area contributed by atoms with E-state index in [1.165, 1.54) is 84.0 Å². The molecule has 0 bridgehead atoms. The molecule has 8 nitrogen and oxygen atoms in total. The number of likely N-dealkylation sites (N-methyl/N-ethyl adjacent to an activating group) is 1. The highest BCUT2D eigenvalue weighted by Crippen LogP contribution is 2.45. The lowest BCUT2D eigenvalue weighted by Gasteiger charge is -2.35. The van der Waals surface area contributed by atoms with Crippen molar-refractivity contribution in [2.45, 2.75) is 131 Å². The van der Waals surface area contributed by atoms with Crippen molar-refractivity contribution in [2.75, 3.05) is 52.6 Å². The molecular weight excluding hydrogens is 530 g/mol. The van der Waals surface area contributed by atoms with Gasteiger partial charge in [-0.3, -0.25) is 8.98 Å². The molecule has 1 rings (SSSR count). The van der Waals surface area contributed by atoms with Gasteiger partial charge in [-0.2, -0.15) is 0 Å². The van der Waals surface area contributed by atoms with Gasteiger partial charge >= 0.3 is 5.97 Å².